The number of rotatable bonds is 8. The fourth-order valence-corrected chi connectivity index (χ4v) is 3.79. The summed E-state index contributed by atoms with van der Waals surface area (Å²) < 4.78 is 5.42. The predicted octanol–water partition coefficient (Wildman–Crippen LogP) is 3.85. The third-order valence-corrected chi connectivity index (χ3v) is 5.49. The summed E-state index contributed by atoms with van der Waals surface area (Å²) in [5.41, 5.74) is 3.77. The van der Waals surface area contributed by atoms with E-state index in [-0.39, 0.29) is 0 Å². The second-order valence-corrected chi connectivity index (χ2v) is 7.48. The number of nitrogens with one attached hydrogen (secondary N) is 1. The van der Waals surface area contributed by atoms with Crippen LogP contribution in [0.4, 0.5) is 5.69 Å². The Labute approximate surface area is 174 Å². The van der Waals surface area contributed by atoms with E-state index in [2.05, 4.69) is 76.6 Å². The molecule has 0 aliphatic carbocycles. The second kappa shape index (κ2) is 11.1. The lowest BCUT2D eigenvalue weighted by atomic mass is 10.1. The maximum Gasteiger partial charge on any atom is 0.173 e. The van der Waals surface area contributed by atoms with E-state index < -0.39 is 0 Å². The molecule has 0 aromatic heterocycles. The highest BCUT2D eigenvalue weighted by atomic mass is 32.1. The number of morpholine rings is 1. The van der Waals surface area contributed by atoms with Crippen molar-refractivity contribution in [2.24, 2.45) is 0 Å². The topological polar surface area (TPSA) is 27.7 Å². The van der Waals surface area contributed by atoms with Gasteiger partial charge in [0.15, 0.2) is 5.11 Å². The molecule has 0 bridgehead atoms. The molecule has 5 heteroatoms. The Morgan fingerprint density at radius 3 is 2.54 bits per heavy atom. The van der Waals surface area contributed by atoms with E-state index in [0.717, 1.165) is 63.9 Å². The summed E-state index contributed by atoms with van der Waals surface area (Å²) in [7, 11) is 0. The van der Waals surface area contributed by atoms with Crippen LogP contribution < -0.4 is 10.2 Å². The third kappa shape index (κ3) is 6.03. The van der Waals surface area contributed by atoms with Gasteiger partial charge in [0, 0.05) is 25.3 Å². The van der Waals surface area contributed by atoms with Gasteiger partial charge in [-0.15, -0.1) is 0 Å². The molecule has 1 aliphatic heterocycles. The van der Waals surface area contributed by atoms with Gasteiger partial charge in [0.1, 0.15) is 0 Å². The van der Waals surface area contributed by atoms with Crippen molar-refractivity contribution in [2.75, 3.05) is 44.3 Å². The Morgan fingerprint density at radius 1 is 1.07 bits per heavy atom. The lowest BCUT2D eigenvalue weighted by molar-refractivity contribution is 0.0376. The average Bonchev–Trinajstić information content (AvgIpc) is 2.76. The Hall–Kier alpha value is -1.95. The van der Waals surface area contributed by atoms with Gasteiger partial charge in [-0.2, -0.15) is 0 Å². The lowest BCUT2D eigenvalue weighted by Crippen LogP contribution is -2.42. The van der Waals surface area contributed by atoms with Crippen LogP contribution in [0.1, 0.15) is 24.5 Å². The highest BCUT2D eigenvalue weighted by Crippen LogP contribution is 2.23. The van der Waals surface area contributed by atoms with Gasteiger partial charge in [-0.3, -0.25) is 4.90 Å². The number of benzene rings is 2. The zero-order valence-electron chi connectivity index (χ0n) is 16.8. The van der Waals surface area contributed by atoms with Crippen molar-refractivity contribution in [1.82, 2.24) is 10.2 Å². The molecule has 0 saturated carbocycles. The van der Waals surface area contributed by atoms with Crippen LogP contribution in [0.15, 0.2) is 54.6 Å². The fourth-order valence-electron chi connectivity index (χ4n) is 3.52. The van der Waals surface area contributed by atoms with Gasteiger partial charge in [0.25, 0.3) is 0 Å². The molecule has 150 valence electrons. The van der Waals surface area contributed by atoms with Crippen molar-refractivity contribution < 1.29 is 4.74 Å². The smallest absolute Gasteiger partial charge is 0.173 e. The summed E-state index contributed by atoms with van der Waals surface area (Å²) in [5.74, 6) is 0. The number of anilines is 1. The van der Waals surface area contributed by atoms with Gasteiger partial charge in [0.05, 0.1) is 19.8 Å². The van der Waals surface area contributed by atoms with Crippen LogP contribution in [0.25, 0.3) is 0 Å². The van der Waals surface area contributed by atoms with Gasteiger partial charge in [-0.25, -0.2) is 0 Å². The fraction of sp³-hybridized carbons (Fsp3) is 0.435. The zero-order valence-corrected chi connectivity index (χ0v) is 17.6. The predicted molar refractivity (Wildman–Crippen MR) is 121 cm³/mol. The number of ether oxygens (including phenoxy) is 1. The molecule has 28 heavy (non-hydrogen) atoms. The molecule has 0 spiro atoms. The Kier molecular flexibility index (Phi) is 8.27. The van der Waals surface area contributed by atoms with Crippen molar-refractivity contribution in [3.8, 4) is 0 Å². The number of hydrogen-bond donors (Lipinski definition) is 1. The lowest BCUT2D eigenvalue weighted by Gasteiger charge is -2.29. The van der Waals surface area contributed by atoms with Gasteiger partial charge in [0.2, 0.25) is 0 Å². The largest absolute Gasteiger partial charge is 0.379 e. The first-order valence-electron chi connectivity index (χ1n) is 10.2. The van der Waals surface area contributed by atoms with Gasteiger partial charge < -0.3 is 15.0 Å². The number of thiocarbonyl (C=S) groups is 1. The number of aryl methyl sites for hydroxylation is 1. The van der Waals surface area contributed by atoms with E-state index in [1.165, 1.54) is 16.8 Å². The van der Waals surface area contributed by atoms with Crippen molar-refractivity contribution in [3.63, 3.8) is 0 Å². The van der Waals surface area contributed by atoms with Crippen molar-refractivity contribution in [2.45, 2.75) is 26.3 Å². The third-order valence-electron chi connectivity index (χ3n) is 5.12. The summed E-state index contributed by atoms with van der Waals surface area (Å²) in [4.78, 5) is 4.70. The summed E-state index contributed by atoms with van der Waals surface area (Å²) in [6, 6.07) is 19.1. The molecular weight excluding hydrogens is 366 g/mol. The molecule has 0 unspecified atom stereocenters. The number of para-hydroxylation sites is 1. The number of nitrogens with zero attached hydrogens (tertiary/aromatic N) is 2. The molecule has 1 aliphatic rings. The van der Waals surface area contributed by atoms with Crippen LogP contribution in [-0.2, 0) is 17.7 Å². The summed E-state index contributed by atoms with van der Waals surface area (Å²) in [6.45, 7) is 8.71. The molecule has 1 heterocycles. The van der Waals surface area contributed by atoms with E-state index in [4.69, 9.17) is 17.0 Å². The maximum atomic E-state index is 5.82. The minimum absolute atomic E-state index is 0.771. The Morgan fingerprint density at radius 2 is 1.79 bits per heavy atom. The molecule has 2 aromatic rings. The first kappa shape index (κ1) is 20.8. The van der Waals surface area contributed by atoms with Crippen LogP contribution >= 0.6 is 12.2 Å². The van der Waals surface area contributed by atoms with E-state index in [0.29, 0.717) is 0 Å². The van der Waals surface area contributed by atoms with Crippen molar-refractivity contribution in [1.29, 1.82) is 0 Å². The van der Waals surface area contributed by atoms with Gasteiger partial charge in [-0.05, 0) is 48.8 Å². The zero-order chi connectivity index (χ0) is 19.6. The first-order valence-corrected chi connectivity index (χ1v) is 10.7. The molecule has 0 atom stereocenters. The maximum absolute atomic E-state index is 5.82. The van der Waals surface area contributed by atoms with E-state index in [1.807, 2.05) is 0 Å². The summed E-state index contributed by atoms with van der Waals surface area (Å²) in [6.07, 6.45) is 2.07. The minimum Gasteiger partial charge on any atom is -0.379 e. The Bertz CT molecular complexity index is 732. The van der Waals surface area contributed by atoms with E-state index in [9.17, 15) is 0 Å². The van der Waals surface area contributed by atoms with E-state index in [1.54, 1.807) is 0 Å². The van der Waals surface area contributed by atoms with Gasteiger partial charge in [-0.1, -0.05) is 55.5 Å². The molecule has 4 nitrogen and oxygen atoms in total. The molecule has 0 radical (unpaired) electrons. The normalized spacial score (nSPS) is 14.6. The average molecular weight is 398 g/mol. The van der Waals surface area contributed by atoms with Crippen molar-refractivity contribution >= 4 is 23.0 Å². The molecule has 1 N–H and O–H groups in total. The quantitative estimate of drug-likeness (QED) is 0.539. The van der Waals surface area contributed by atoms with Crippen LogP contribution in [0.2, 0.25) is 0 Å². The highest BCUT2D eigenvalue weighted by Gasteiger charge is 2.16. The number of hydrogen-bond acceptors (Lipinski definition) is 3. The summed E-state index contributed by atoms with van der Waals surface area (Å²) >= 11 is 5.82. The molecule has 1 fully saturated rings. The van der Waals surface area contributed by atoms with Gasteiger partial charge >= 0.3 is 0 Å². The Balaban J connectivity index is 1.63. The van der Waals surface area contributed by atoms with Crippen LogP contribution in [-0.4, -0.2) is 49.4 Å². The highest BCUT2D eigenvalue weighted by molar-refractivity contribution is 7.80. The molecule has 0 amide bonds. The SMILES string of the molecule is CCc1ccccc1N(Cc1ccccc1)C(=S)NCCCN1CCOCC1. The molecule has 1 saturated heterocycles. The standard InChI is InChI=1S/C23H31N3OS/c1-2-21-11-6-7-12-22(21)26(19-20-9-4-3-5-10-20)23(28)24-13-8-14-25-15-17-27-18-16-25/h3-7,9-12H,2,8,13-19H2,1H3,(H,24,28). The summed E-state index contributed by atoms with van der Waals surface area (Å²) in [5, 5.41) is 4.29. The monoisotopic (exact) mass is 397 g/mol. The molecule has 2 aromatic carbocycles. The van der Waals surface area contributed by atoms with Crippen LogP contribution in [0, 0.1) is 0 Å². The van der Waals surface area contributed by atoms with Crippen LogP contribution in [0.3, 0.4) is 0 Å². The van der Waals surface area contributed by atoms with Crippen LogP contribution in [0.5, 0.6) is 0 Å². The molecule has 3 rings (SSSR count). The second-order valence-electron chi connectivity index (χ2n) is 7.09. The van der Waals surface area contributed by atoms with Crippen molar-refractivity contribution in [3.05, 3.63) is 65.7 Å². The van der Waals surface area contributed by atoms with E-state index >= 15 is 0 Å². The minimum atomic E-state index is 0.771. The molecular formula is C23H31N3OS. The first-order chi connectivity index (χ1) is 13.8.